The molecule has 94 valence electrons. The molecule has 0 fully saturated rings. The SMILES string of the molecule is CC1=C(C(=O)O)CC(C(=O)OCCN)=C(C)N1. The monoisotopic (exact) mass is 240 g/mol. The normalized spacial score (nSPS) is 15.7. The summed E-state index contributed by atoms with van der Waals surface area (Å²) >= 11 is 0. The molecule has 0 bridgehead atoms. The van der Waals surface area contributed by atoms with Gasteiger partial charge >= 0.3 is 11.9 Å². The Morgan fingerprint density at radius 3 is 2.47 bits per heavy atom. The highest BCUT2D eigenvalue weighted by atomic mass is 16.5. The first kappa shape index (κ1) is 13.2. The number of carbonyl (C=O) groups is 2. The molecule has 0 aliphatic carbocycles. The van der Waals surface area contributed by atoms with Crippen molar-refractivity contribution in [1.82, 2.24) is 5.32 Å². The Morgan fingerprint density at radius 2 is 1.94 bits per heavy atom. The second-order valence-electron chi connectivity index (χ2n) is 3.74. The lowest BCUT2D eigenvalue weighted by Gasteiger charge is -2.21. The zero-order chi connectivity index (χ0) is 13.0. The van der Waals surface area contributed by atoms with Crippen LogP contribution in [-0.2, 0) is 14.3 Å². The summed E-state index contributed by atoms with van der Waals surface area (Å²) in [4.78, 5) is 22.6. The van der Waals surface area contributed by atoms with Crippen molar-refractivity contribution in [3.05, 3.63) is 22.5 Å². The second kappa shape index (κ2) is 5.49. The molecule has 0 amide bonds. The summed E-state index contributed by atoms with van der Waals surface area (Å²) < 4.78 is 4.89. The third kappa shape index (κ3) is 3.07. The van der Waals surface area contributed by atoms with Gasteiger partial charge in [0.15, 0.2) is 0 Å². The number of esters is 1. The van der Waals surface area contributed by atoms with Gasteiger partial charge in [-0.15, -0.1) is 0 Å². The van der Waals surface area contributed by atoms with E-state index < -0.39 is 11.9 Å². The third-order valence-corrected chi connectivity index (χ3v) is 2.49. The Labute approximate surface area is 99.1 Å². The van der Waals surface area contributed by atoms with Crippen molar-refractivity contribution in [2.75, 3.05) is 13.2 Å². The average molecular weight is 240 g/mol. The zero-order valence-corrected chi connectivity index (χ0v) is 9.87. The van der Waals surface area contributed by atoms with E-state index in [9.17, 15) is 9.59 Å². The number of nitrogens with one attached hydrogen (secondary N) is 1. The first-order valence-corrected chi connectivity index (χ1v) is 5.24. The van der Waals surface area contributed by atoms with Crippen LogP contribution in [0.1, 0.15) is 20.3 Å². The number of hydrogen-bond donors (Lipinski definition) is 3. The van der Waals surface area contributed by atoms with Gasteiger partial charge in [0.1, 0.15) is 6.61 Å². The van der Waals surface area contributed by atoms with Crippen molar-refractivity contribution in [1.29, 1.82) is 0 Å². The standard InChI is InChI=1S/C11H16N2O4/c1-6-8(10(14)15)5-9(7(2)13-6)11(16)17-4-3-12/h13H,3-5,12H2,1-2H3,(H,14,15). The Bertz CT molecular complexity index is 410. The van der Waals surface area contributed by atoms with E-state index in [1.54, 1.807) is 13.8 Å². The lowest BCUT2D eigenvalue weighted by Crippen LogP contribution is -2.26. The zero-order valence-electron chi connectivity index (χ0n) is 9.87. The Morgan fingerprint density at radius 1 is 1.35 bits per heavy atom. The largest absolute Gasteiger partial charge is 0.478 e. The fourth-order valence-electron chi connectivity index (χ4n) is 1.57. The van der Waals surface area contributed by atoms with E-state index in [0.29, 0.717) is 17.0 Å². The maximum absolute atomic E-state index is 11.7. The van der Waals surface area contributed by atoms with Crippen LogP contribution in [0.3, 0.4) is 0 Å². The predicted molar refractivity (Wildman–Crippen MR) is 60.8 cm³/mol. The Hall–Kier alpha value is -1.82. The van der Waals surface area contributed by atoms with Gasteiger partial charge in [-0.1, -0.05) is 0 Å². The minimum Gasteiger partial charge on any atom is -0.478 e. The first-order chi connectivity index (χ1) is 7.97. The number of carboxylic acids is 1. The van der Waals surface area contributed by atoms with Gasteiger partial charge in [0.25, 0.3) is 0 Å². The van der Waals surface area contributed by atoms with Gasteiger partial charge in [-0.3, -0.25) is 0 Å². The van der Waals surface area contributed by atoms with Gasteiger partial charge in [-0.25, -0.2) is 9.59 Å². The van der Waals surface area contributed by atoms with Crippen LogP contribution in [0.5, 0.6) is 0 Å². The summed E-state index contributed by atoms with van der Waals surface area (Å²) in [6, 6.07) is 0. The molecule has 0 unspecified atom stereocenters. The summed E-state index contributed by atoms with van der Waals surface area (Å²) in [6.07, 6.45) is 0.0728. The van der Waals surface area contributed by atoms with Gasteiger partial charge in [0.05, 0.1) is 11.1 Å². The van der Waals surface area contributed by atoms with E-state index in [1.807, 2.05) is 0 Å². The van der Waals surface area contributed by atoms with Crippen molar-refractivity contribution in [3.8, 4) is 0 Å². The highest BCUT2D eigenvalue weighted by Crippen LogP contribution is 2.23. The minimum absolute atomic E-state index is 0.0728. The number of aliphatic carboxylic acids is 1. The highest BCUT2D eigenvalue weighted by molar-refractivity contribution is 5.95. The predicted octanol–water partition coefficient (Wildman–Crippen LogP) is 0.114. The summed E-state index contributed by atoms with van der Waals surface area (Å²) in [7, 11) is 0. The van der Waals surface area contributed by atoms with Crippen LogP contribution in [0.4, 0.5) is 0 Å². The van der Waals surface area contributed by atoms with Gasteiger partial charge in [-0.2, -0.15) is 0 Å². The molecule has 0 aromatic rings. The molecule has 0 aromatic carbocycles. The second-order valence-corrected chi connectivity index (χ2v) is 3.74. The number of nitrogens with two attached hydrogens (primary N) is 1. The van der Waals surface area contributed by atoms with E-state index in [1.165, 1.54) is 0 Å². The number of carboxylic acid groups (broad SMARTS) is 1. The fourth-order valence-corrected chi connectivity index (χ4v) is 1.57. The highest BCUT2D eigenvalue weighted by Gasteiger charge is 2.25. The van der Waals surface area contributed by atoms with Crippen LogP contribution in [0, 0.1) is 0 Å². The van der Waals surface area contributed by atoms with Gasteiger partial charge in [-0.05, 0) is 13.8 Å². The molecule has 0 aromatic heterocycles. The summed E-state index contributed by atoms with van der Waals surface area (Å²) in [5.74, 6) is -1.56. The molecule has 0 spiro atoms. The van der Waals surface area contributed by atoms with Gasteiger partial charge in [0, 0.05) is 24.4 Å². The first-order valence-electron chi connectivity index (χ1n) is 5.24. The molecule has 0 atom stereocenters. The summed E-state index contributed by atoms with van der Waals surface area (Å²) in [6.45, 7) is 3.74. The smallest absolute Gasteiger partial charge is 0.336 e. The Balaban J connectivity index is 2.84. The van der Waals surface area contributed by atoms with E-state index >= 15 is 0 Å². The van der Waals surface area contributed by atoms with Gasteiger partial charge in [0.2, 0.25) is 0 Å². The molecular formula is C11H16N2O4. The van der Waals surface area contributed by atoms with Crippen molar-refractivity contribution in [2.24, 2.45) is 5.73 Å². The number of dihydropyridines is 1. The molecule has 1 heterocycles. The Kier molecular flexibility index (Phi) is 4.28. The van der Waals surface area contributed by atoms with Crippen LogP contribution in [-0.4, -0.2) is 30.2 Å². The van der Waals surface area contributed by atoms with E-state index in [-0.39, 0.29) is 25.1 Å². The van der Waals surface area contributed by atoms with Crippen molar-refractivity contribution < 1.29 is 19.4 Å². The molecular weight excluding hydrogens is 224 g/mol. The number of allylic oxidation sites excluding steroid dienone is 2. The fraction of sp³-hybridized carbons (Fsp3) is 0.455. The molecule has 0 saturated heterocycles. The summed E-state index contributed by atoms with van der Waals surface area (Å²) in [5.41, 5.74) is 6.90. The lowest BCUT2D eigenvalue weighted by atomic mass is 9.98. The van der Waals surface area contributed by atoms with E-state index in [0.717, 1.165) is 0 Å². The van der Waals surface area contributed by atoms with Crippen molar-refractivity contribution in [2.45, 2.75) is 20.3 Å². The molecule has 1 aliphatic rings. The molecule has 0 saturated carbocycles. The number of rotatable bonds is 4. The quantitative estimate of drug-likeness (QED) is 0.603. The third-order valence-electron chi connectivity index (χ3n) is 2.49. The molecule has 1 rings (SSSR count). The number of hydrogen-bond acceptors (Lipinski definition) is 5. The molecule has 1 aliphatic heterocycles. The minimum atomic E-state index is -1.04. The van der Waals surface area contributed by atoms with Crippen LogP contribution in [0.25, 0.3) is 0 Å². The van der Waals surface area contributed by atoms with E-state index in [2.05, 4.69) is 5.32 Å². The summed E-state index contributed by atoms with van der Waals surface area (Å²) in [5, 5.41) is 11.8. The molecule has 6 heteroatoms. The maximum Gasteiger partial charge on any atom is 0.336 e. The molecule has 4 N–H and O–H groups in total. The number of carbonyl (C=O) groups excluding carboxylic acids is 1. The van der Waals surface area contributed by atoms with Crippen molar-refractivity contribution >= 4 is 11.9 Å². The van der Waals surface area contributed by atoms with Crippen LogP contribution in [0.2, 0.25) is 0 Å². The topological polar surface area (TPSA) is 102 Å². The maximum atomic E-state index is 11.7. The number of ether oxygens (including phenoxy) is 1. The van der Waals surface area contributed by atoms with Crippen LogP contribution < -0.4 is 11.1 Å². The molecule has 17 heavy (non-hydrogen) atoms. The molecule has 6 nitrogen and oxygen atoms in total. The lowest BCUT2D eigenvalue weighted by molar-refractivity contribution is -0.139. The van der Waals surface area contributed by atoms with Gasteiger partial charge < -0.3 is 20.9 Å². The van der Waals surface area contributed by atoms with Crippen LogP contribution >= 0.6 is 0 Å². The van der Waals surface area contributed by atoms with Crippen molar-refractivity contribution in [3.63, 3.8) is 0 Å². The average Bonchev–Trinajstić information content (AvgIpc) is 2.25. The van der Waals surface area contributed by atoms with Crippen LogP contribution in [0.15, 0.2) is 22.5 Å². The molecule has 0 radical (unpaired) electrons. The van der Waals surface area contributed by atoms with E-state index in [4.69, 9.17) is 15.6 Å².